The summed E-state index contributed by atoms with van der Waals surface area (Å²) in [5, 5.41) is 3.18. The van der Waals surface area contributed by atoms with Crippen LogP contribution in [0.25, 0.3) is 0 Å². The molecule has 8 nitrogen and oxygen atoms in total. The first-order valence-corrected chi connectivity index (χ1v) is 11.7. The van der Waals surface area contributed by atoms with E-state index in [0.717, 1.165) is 5.75 Å². The molecule has 3 rings (SSSR count). The van der Waals surface area contributed by atoms with Crippen LogP contribution in [-0.2, 0) is 4.79 Å². The van der Waals surface area contributed by atoms with E-state index in [-0.39, 0.29) is 23.4 Å². The van der Waals surface area contributed by atoms with E-state index in [1.807, 2.05) is 6.26 Å². The molecule has 31 heavy (non-hydrogen) atoms. The summed E-state index contributed by atoms with van der Waals surface area (Å²) in [5.41, 5.74) is 0.623. The third kappa shape index (κ3) is 5.95. The number of halogens is 1. The van der Waals surface area contributed by atoms with E-state index < -0.39 is 6.04 Å². The normalized spacial score (nSPS) is 14.8. The molecular formula is C21H24ClN5O3S. The fourth-order valence-electron chi connectivity index (χ4n) is 3.30. The second-order valence-corrected chi connectivity index (χ2v) is 8.39. The van der Waals surface area contributed by atoms with E-state index >= 15 is 0 Å². The molecule has 0 saturated carbocycles. The number of hydrogen-bond acceptors (Lipinski definition) is 6. The molecule has 1 saturated heterocycles. The number of hydrogen-bond donors (Lipinski definition) is 1. The molecule has 0 spiro atoms. The summed E-state index contributed by atoms with van der Waals surface area (Å²) < 4.78 is 0. The molecule has 0 aliphatic carbocycles. The standard InChI is InChI=1S/C21H24ClN5O3S/c1-31-13-6-17(25-19(28)15-4-2-3-5-16(15)22)20(29)26-9-11-27(12-10-26)21(30)18-14-23-7-8-24-18/h2-5,7-8,14,17H,6,9-13H2,1H3,(H,25,28). The Labute approximate surface area is 190 Å². The largest absolute Gasteiger partial charge is 0.340 e. The zero-order valence-electron chi connectivity index (χ0n) is 17.2. The molecule has 1 aliphatic rings. The van der Waals surface area contributed by atoms with Gasteiger partial charge in [-0.15, -0.1) is 0 Å². The van der Waals surface area contributed by atoms with Crippen molar-refractivity contribution < 1.29 is 14.4 Å². The van der Waals surface area contributed by atoms with Gasteiger partial charge in [0.1, 0.15) is 11.7 Å². The minimum atomic E-state index is -0.654. The highest BCUT2D eigenvalue weighted by Crippen LogP contribution is 2.16. The van der Waals surface area contributed by atoms with Crippen LogP contribution in [0.3, 0.4) is 0 Å². The smallest absolute Gasteiger partial charge is 0.274 e. The Balaban J connectivity index is 1.62. The van der Waals surface area contributed by atoms with Crippen LogP contribution in [0.2, 0.25) is 5.02 Å². The number of thioether (sulfide) groups is 1. The van der Waals surface area contributed by atoms with Crippen molar-refractivity contribution in [2.75, 3.05) is 38.2 Å². The van der Waals surface area contributed by atoms with Crippen molar-refractivity contribution in [3.63, 3.8) is 0 Å². The van der Waals surface area contributed by atoms with Gasteiger partial charge in [-0.25, -0.2) is 4.98 Å². The van der Waals surface area contributed by atoms with E-state index in [1.165, 1.54) is 18.6 Å². The topological polar surface area (TPSA) is 95.5 Å². The zero-order valence-corrected chi connectivity index (χ0v) is 18.7. The van der Waals surface area contributed by atoms with Crippen molar-refractivity contribution >= 4 is 41.1 Å². The summed E-state index contributed by atoms with van der Waals surface area (Å²) >= 11 is 7.73. The second kappa shape index (κ2) is 11.1. The van der Waals surface area contributed by atoms with Gasteiger partial charge < -0.3 is 15.1 Å². The molecule has 1 aromatic heterocycles. The first kappa shape index (κ1) is 23.0. The van der Waals surface area contributed by atoms with E-state index in [2.05, 4.69) is 15.3 Å². The Morgan fingerprint density at radius 2 is 1.84 bits per heavy atom. The molecule has 1 atom stereocenters. The van der Waals surface area contributed by atoms with Crippen LogP contribution >= 0.6 is 23.4 Å². The third-order valence-corrected chi connectivity index (χ3v) is 5.97. The minimum Gasteiger partial charge on any atom is -0.340 e. The van der Waals surface area contributed by atoms with Crippen molar-refractivity contribution in [1.82, 2.24) is 25.1 Å². The molecule has 164 valence electrons. The predicted octanol–water partition coefficient (Wildman–Crippen LogP) is 1.97. The van der Waals surface area contributed by atoms with Crippen molar-refractivity contribution in [3.8, 4) is 0 Å². The first-order chi connectivity index (χ1) is 15.0. The zero-order chi connectivity index (χ0) is 22.2. The molecule has 1 unspecified atom stereocenters. The Hall–Kier alpha value is -2.65. The van der Waals surface area contributed by atoms with Gasteiger partial charge in [-0.05, 0) is 30.6 Å². The lowest BCUT2D eigenvalue weighted by Gasteiger charge is -2.36. The van der Waals surface area contributed by atoms with Gasteiger partial charge in [-0.1, -0.05) is 23.7 Å². The van der Waals surface area contributed by atoms with Crippen LogP contribution < -0.4 is 5.32 Å². The lowest BCUT2D eigenvalue weighted by Crippen LogP contribution is -2.56. The number of nitrogens with one attached hydrogen (secondary N) is 1. The second-order valence-electron chi connectivity index (χ2n) is 7.00. The number of aromatic nitrogens is 2. The Bertz CT molecular complexity index is 922. The monoisotopic (exact) mass is 461 g/mol. The number of carbonyl (C=O) groups excluding carboxylic acids is 3. The predicted molar refractivity (Wildman–Crippen MR) is 120 cm³/mol. The quantitative estimate of drug-likeness (QED) is 0.677. The number of piperazine rings is 1. The number of benzene rings is 1. The summed E-state index contributed by atoms with van der Waals surface area (Å²) in [6.07, 6.45) is 6.88. The molecule has 0 radical (unpaired) electrons. The van der Waals surface area contributed by atoms with E-state index in [9.17, 15) is 14.4 Å². The number of amides is 3. The van der Waals surface area contributed by atoms with E-state index in [0.29, 0.717) is 43.2 Å². The van der Waals surface area contributed by atoms with Crippen LogP contribution in [0, 0.1) is 0 Å². The maximum atomic E-state index is 13.1. The minimum absolute atomic E-state index is 0.152. The highest BCUT2D eigenvalue weighted by Gasteiger charge is 2.30. The summed E-state index contributed by atoms with van der Waals surface area (Å²) in [4.78, 5) is 49.7. The van der Waals surface area contributed by atoms with Crippen LogP contribution in [0.1, 0.15) is 27.3 Å². The number of carbonyl (C=O) groups is 3. The van der Waals surface area contributed by atoms with E-state index in [1.54, 1.807) is 45.8 Å². The molecule has 0 bridgehead atoms. The molecule has 1 N–H and O–H groups in total. The van der Waals surface area contributed by atoms with Crippen molar-refractivity contribution in [1.29, 1.82) is 0 Å². The SMILES string of the molecule is CSCCC(NC(=O)c1ccccc1Cl)C(=O)N1CCN(C(=O)c2cnccn2)CC1. The first-order valence-electron chi connectivity index (χ1n) is 9.89. The van der Waals surface area contributed by atoms with Crippen LogP contribution in [0.5, 0.6) is 0 Å². The van der Waals surface area contributed by atoms with Gasteiger partial charge in [0, 0.05) is 38.6 Å². The summed E-state index contributed by atoms with van der Waals surface area (Å²) in [7, 11) is 0. The van der Waals surface area contributed by atoms with Gasteiger partial charge in [0.05, 0.1) is 16.8 Å². The highest BCUT2D eigenvalue weighted by molar-refractivity contribution is 7.98. The third-order valence-electron chi connectivity index (χ3n) is 4.99. The number of rotatable bonds is 7. The van der Waals surface area contributed by atoms with Crippen LogP contribution in [-0.4, -0.2) is 81.7 Å². The fourth-order valence-corrected chi connectivity index (χ4v) is 3.99. The van der Waals surface area contributed by atoms with E-state index in [4.69, 9.17) is 11.6 Å². The fraction of sp³-hybridized carbons (Fsp3) is 0.381. The van der Waals surface area contributed by atoms with Gasteiger partial charge in [0.2, 0.25) is 5.91 Å². The molecule has 2 heterocycles. The molecule has 10 heteroatoms. The van der Waals surface area contributed by atoms with Crippen molar-refractivity contribution in [2.45, 2.75) is 12.5 Å². The van der Waals surface area contributed by atoms with Crippen LogP contribution in [0.4, 0.5) is 0 Å². The lowest BCUT2D eigenvalue weighted by atomic mass is 10.1. The van der Waals surface area contributed by atoms with Crippen molar-refractivity contribution in [3.05, 3.63) is 59.1 Å². The summed E-state index contributed by atoms with van der Waals surface area (Å²) in [5.74, 6) is -0.00151. The molecule has 2 aromatic rings. The maximum absolute atomic E-state index is 13.1. The van der Waals surface area contributed by atoms with Gasteiger partial charge in [-0.2, -0.15) is 11.8 Å². The Morgan fingerprint density at radius 3 is 2.48 bits per heavy atom. The maximum Gasteiger partial charge on any atom is 0.274 e. The molecule has 1 aliphatic heterocycles. The molecule has 3 amide bonds. The Morgan fingerprint density at radius 1 is 1.13 bits per heavy atom. The molecule has 1 fully saturated rings. The van der Waals surface area contributed by atoms with Gasteiger partial charge >= 0.3 is 0 Å². The van der Waals surface area contributed by atoms with Crippen LogP contribution in [0.15, 0.2) is 42.9 Å². The lowest BCUT2D eigenvalue weighted by molar-refractivity contribution is -0.134. The summed E-state index contributed by atoms with van der Waals surface area (Å²) in [6.45, 7) is 1.58. The van der Waals surface area contributed by atoms with Crippen molar-refractivity contribution in [2.24, 2.45) is 0 Å². The average Bonchev–Trinajstić information content (AvgIpc) is 2.81. The van der Waals surface area contributed by atoms with Gasteiger partial charge in [0.15, 0.2) is 0 Å². The average molecular weight is 462 g/mol. The summed E-state index contributed by atoms with van der Waals surface area (Å²) in [6, 6.07) is 6.09. The van der Waals surface area contributed by atoms with Gasteiger partial charge in [-0.3, -0.25) is 19.4 Å². The van der Waals surface area contributed by atoms with Gasteiger partial charge in [0.25, 0.3) is 11.8 Å². The molecule has 1 aromatic carbocycles. The Kier molecular flexibility index (Phi) is 8.25. The molecular weight excluding hydrogens is 438 g/mol. The highest BCUT2D eigenvalue weighted by atomic mass is 35.5. The number of nitrogens with zero attached hydrogens (tertiary/aromatic N) is 4.